The summed E-state index contributed by atoms with van der Waals surface area (Å²) in [6, 6.07) is -0.130. The second-order valence-corrected chi connectivity index (χ2v) is 4.45. The van der Waals surface area contributed by atoms with E-state index >= 15 is 0 Å². The summed E-state index contributed by atoms with van der Waals surface area (Å²) in [6.07, 6.45) is 1.16. The number of carbonyl (C=O) groups is 2. The Balaban J connectivity index is 4.09. The molecule has 0 radical (unpaired) electrons. The van der Waals surface area contributed by atoms with Gasteiger partial charge >= 0.3 is 0 Å². The second kappa shape index (κ2) is 5.70. The van der Waals surface area contributed by atoms with Gasteiger partial charge in [0.05, 0.1) is 0 Å². The Bertz CT molecular complexity index is 239. The summed E-state index contributed by atoms with van der Waals surface area (Å²) in [7, 11) is 0. The van der Waals surface area contributed by atoms with Gasteiger partial charge in [-0.05, 0) is 20.3 Å². The third-order valence-electron chi connectivity index (χ3n) is 2.07. The van der Waals surface area contributed by atoms with Gasteiger partial charge in [0.15, 0.2) is 0 Å². The van der Waals surface area contributed by atoms with Crippen molar-refractivity contribution in [2.45, 2.75) is 51.6 Å². The van der Waals surface area contributed by atoms with E-state index in [9.17, 15) is 9.59 Å². The van der Waals surface area contributed by atoms with Crippen LogP contribution in [-0.4, -0.2) is 23.4 Å². The molecule has 0 saturated heterocycles. The number of hydrogen-bond donors (Lipinski definition) is 3. The first kappa shape index (κ1) is 13.9. The highest BCUT2D eigenvalue weighted by Gasteiger charge is 2.23. The lowest BCUT2D eigenvalue weighted by atomic mass is 9.99. The van der Waals surface area contributed by atoms with Crippen molar-refractivity contribution in [3.63, 3.8) is 0 Å². The van der Waals surface area contributed by atoms with E-state index in [1.807, 2.05) is 6.92 Å². The fraction of sp³-hybridized carbons (Fsp3) is 0.800. The zero-order chi connectivity index (χ0) is 12.1. The van der Waals surface area contributed by atoms with Gasteiger partial charge in [-0.15, -0.1) is 0 Å². The van der Waals surface area contributed by atoms with Crippen LogP contribution in [0.15, 0.2) is 0 Å². The van der Waals surface area contributed by atoms with Crippen molar-refractivity contribution in [3.05, 3.63) is 0 Å². The zero-order valence-corrected chi connectivity index (χ0v) is 9.67. The van der Waals surface area contributed by atoms with E-state index in [-0.39, 0.29) is 24.8 Å². The van der Waals surface area contributed by atoms with Crippen LogP contribution < -0.4 is 16.8 Å². The van der Waals surface area contributed by atoms with Gasteiger partial charge in [-0.2, -0.15) is 0 Å². The van der Waals surface area contributed by atoms with Crippen molar-refractivity contribution in [2.75, 3.05) is 0 Å². The van der Waals surface area contributed by atoms with E-state index in [1.165, 1.54) is 0 Å². The lowest BCUT2D eigenvalue weighted by Gasteiger charge is -2.25. The Kier molecular flexibility index (Phi) is 5.28. The molecule has 0 aliphatic carbocycles. The third-order valence-corrected chi connectivity index (χ3v) is 2.07. The van der Waals surface area contributed by atoms with Crippen LogP contribution in [0.25, 0.3) is 0 Å². The fourth-order valence-electron chi connectivity index (χ4n) is 1.29. The molecule has 5 heteroatoms. The van der Waals surface area contributed by atoms with Gasteiger partial charge in [-0.3, -0.25) is 9.59 Å². The minimum Gasteiger partial charge on any atom is -0.370 e. The number of amides is 2. The maximum Gasteiger partial charge on any atom is 0.221 e. The molecule has 5 N–H and O–H groups in total. The van der Waals surface area contributed by atoms with Crippen LogP contribution in [0.2, 0.25) is 0 Å². The van der Waals surface area contributed by atoms with Crippen molar-refractivity contribution in [1.82, 2.24) is 5.32 Å². The molecule has 0 aromatic rings. The van der Waals surface area contributed by atoms with E-state index < -0.39 is 11.4 Å². The van der Waals surface area contributed by atoms with Crippen LogP contribution in [0.5, 0.6) is 0 Å². The molecule has 0 heterocycles. The molecule has 0 bridgehead atoms. The largest absolute Gasteiger partial charge is 0.370 e. The number of rotatable bonds is 6. The van der Waals surface area contributed by atoms with Crippen molar-refractivity contribution < 1.29 is 9.59 Å². The van der Waals surface area contributed by atoms with E-state index in [4.69, 9.17) is 11.5 Å². The van der Waals surface area contributed by atoms with Crippen molar-refractivity contribution in [1.29, 1.82) is 0 Å². The SMILES string of the molecule is CCC(N)CC(=O)NC(C)(C)CC(N)=O. The van der Waals surface area contributed by atoms with Crippen LogP contribution in [-0.2, 0) is 9.59 Å². The Morgan fingerprint density at radius 2 is 1.93 bits per heavy atom. The monoisotopic (exact) mass is 215 g/mol. The average molecular weight is 215 g/mol. The lowest BCUT2D eigenvalue weighted by Crippen LogP contribution is -2.47. The van der Waals surface area contributed by atoms with Gasteiger partial charge in [0.1, 0.15) is 0 Å². The minimum atomic E-state index is -0.601. The molecular formula is C10H21N3O2. The molecule has 15 heavy (non-hydrogen) atoms. The summed E-state index contributed by atoms with van der Waals surface area (Å²) in [4.78, 5) is 22.2. The number of nitrogens with two attached hydrogens (primary N) is 2. The molecule has 1 unspecified atom stereocenters. The summed E-state index contributed by atoms with van der Waals surface area (Å²) in [5, 5.41) is 2.73. The molecule has 0 fully saturated rings. The van der Waals surface area contributed by atoms with E-state index in [0.717, 1.165) is 6.42 Å². The summed E-state index contributed by atoms with van der Waals surface area (Å²) in [6.45, 7) is 5.44. The van der Waals surface area contributed by atoms with Gasteiger partial charge in [-0.25, -0.2) is 0 Å². The molecule has 0 aliphatic rings. The van der Waals surface area contributed by atoms with Crippen molar-refractivity contribution in [3.8, 4) is 0 Å². The van der Waals surface area contributed by atoms with Crippen molar-refractivity contribution in [2.24, 2.45) is 11.5 Å². The van der Waals surface area contributed by atoms with Crippen LogP contribution in [0.4, 0.5) is 0 Å². The molecule has 0 aromatic heterocycles. The molecule has 88 valence electrons. The standard InChI is InChI=1S/C10H21N3O2/c1-4-7(11)5-9(15)13-10(2,3)6-8(12)14/h7H,4-6,11H2,1-3H3,(H2,12,14)(H,13,15). The Hall–Kier alpha value is -1.10. The lowest BCUT2D eigenvalue weighted by molar-refractivity contribution is -0.124. The number of nitrogens with one attached hydrogen (secondary N) is 1. The first-order chi connectivity index (χ1) is 6.76. The average Bonchev–Trinajstić information content (AvgIpc) is 1.99. The number of hydrogen-bond acceptors (Lipinski definition) is 3. The van der Waals surface area contributed by atoms with Gasteiger partial charge in [0.2, 0.25) is 11.8 Å². The number of carbonyl (C=O) groups excluding carboxylic acids is 2. The normalized spacial score (nSPS) is 13.3. The summed E-state index contributed by atoms with van der Waals surface area (Å²) >= 11 is 0. The molecule has 0 rings (SSSR count). The fourth-order valence-corrected chi connectivity index (χ4v) is 1.29. The highest BCUT2D eigenvalue weighted by molar-refractivity contribution is 5.80. The molecule has 5 nitrogen and oxygen atoms in total. The predicted molar refractivity (Wildman–Crippen MR) is 58.9 cm³/mol. The predicted octanol–water partition coefficient (Wildman–Crippen LogP) is -0.116. The van der Waals surface area contributed by atoms with Crippen LogP contribution in [0, 0.1) is 0 Å². The molecule has 0 saturated carbocycles. The highest BCUT2D eigenvalue weighted by Crippen LogP contribution is 2.08. The van der Waals surface area contributed by atoms with E-state index in [0.29, 0.717) is 0 Å². The Labute approximate surface area is 90.6 Å². The van der Waals surface area contributed by atoms with Crippen LogP contribution in [0.1, 0.15) is 40.0 Å². The second-order valence-electron chi connectivity index (χ2n) is 4.45. The Morgan fingerprint density at radius 3 is 2.33 bits per heavy atom. The highest BCUT2D eigenvalue weighted by atomic mass is 16.2. The first-order valence-corrected chi connectivity index (χ1v) is 5.11. The van der Waals surface area contributed by atoms with Crippen molar-refractivity contribution >= 4 is 11.8 Å². The van der Waals surface area contributed by atoms with E-state index in [2.05, 4.69) is 5.32 Å². The third kappa shape index (κ3) is 6.90. The molecule has 0 aliphatic heterocycles. The summed E-state index contributed by atoms with van der Waals surface area (Å²) < 4.78 is 0. The zero-order valence-electron chi connectivity index (χ0n) is 9.67. The molecular weight excluding hydrogens is 194 g/mol. The molecule has 1 atom stereocenters. The maximum absolute atomic E-state index is 11.5. The van der Waals surface area contributed by atoms with Gasteiger partial charge in [0, 0.05) is 24.4 Å². The van der Waals surface area contributed by atoms with Gasteiger partial charge < -0.3 is 16.8 Å². The van der Waals surface area contributed by atoms with Gasteiger partial charge in [0.25, 0.3) is 0 Å². The van der Waals surface area contributed by atoms with Gasteiger partial charge in [-0.1, -0.05) is 6.92 Å². The quantitative estimate of drug-likeness (QED) is 0.576. The topological polar surface area (TPSA) is 98.2 Å². The maximum atomic E-state index is 11.5. The molecule has 0 aromatic carbocycles. The minimum absolute atomic E-state index is 0.125. The smallest absolute Gasteiger partial charge is 0.221 e. The van der Waals surface area contributed by atoms with E-state index in [1.54, 1.807) is 13.8 Å². The first-order valence-electron chi connectivity index (χ1n) is 5.11. The molecule has 2 amide bonds. The van der Waals surface area contributed by atoms with Crippen LogP contribution in [0.3, 0.4) is 0 Å². The Morgan fingerprint density at radius 1 is 1.40 bits per heavy atom. The molecule has 0 spiro atoms. The summed E-state index contributed by atoms with van der Waals surface area (Å²) in [5.74, 6) is -0.573. The summed E-state index contributed by atoms with van der Waals surface area (Å²) in [5.41, 5.74) is 10.1. The van der Waals surface area contributed by atoms with Crippen LogP contribution >= 0.6 is 0 Å². The number of primary amides is 1.